The molecule has 2 rings (SSSR count). The van der Waals surface area contributed by atoms with E-state index in [2.05, 4.69) is 5.32 Å². The van der Waals surface area contributed by atoms with E-state index in [-0.39, 0.29) is 47.3 Å². The molecule has 186 valence electrons. The number of ether oxygens (including phenoxy) is 2. The van der Waals surface area contributed by atoms with E-state index in [1.807, 2.05) is 25.9 Å². The Morgan fingerprint density at radius 2 is 1.68 bits per heavy atom. The predicted molar refractivity (Wildman–Crippen MR) is 125 cm³/mol. The number of benzene rings is 2. The lowest BCUT2D eigenvalue weighted by Gasteiger charge is -2.19. The van der Waals surface area contributed by atoms with Crippen molar-refractivity contribution in [3.8, 4) is 11.5 Å². The minimum atomic E-state index is -4.68. The van der Waals surface area contributed by atoms with E-state index in [0.717, 1.165) is 18.6 Å². The second-order valence-electron chi connectivity index (χ2n) is 7.90. The first-order valence-electron chi connectivity index (χ1n) is 10.7. The van der Waals surface area contributed by atoms with E-state index >= 15 is 0 Å². The van der Waals surface area contributed by atoms with Crippen LogP contribution in [0.5, 0.6) is 11.5 Å². The molecule has 10 heteroatoms. The van der Waals surface area contributed by atoms with Gasteiger partial charge in [-0.3, -0.25) is 9.59 Å². The van der Waals surface area contributed by atoms with Crippen LogP contribution in [-0.2, 0) is 6.18 Å². The zero-order valence-corrected chi connectivity index (χ0v) is 20.3. The number of unbranched alkanes of at least 4 members (excludes halogenated alkanes) is 1. The van der Waals surface area contributed by atoms with Gasteiger partial charge in [0.1, 0.15) is 23.7 Å². The smallest absolute Gasteiger partial charge is 0.417 e. The summed E-state index contributed by atoms with van der Waals surface area (Å²) in [5.41, 5.74) is -0.894. The van der Waals surface area contributed by atoms with Crippen molar-refractivity contribution in [1.82, 2.24) is 4.90 Å². The highest BCUT2D eigenvalue weighted by Gasteiger charge is 2.33. The normalized spacial score (nSPS) is 11.4. The summed E-state index contributed by atoms with van der Waals surface area (Å²) < 4.78 is 51.3. The number of carbonyl (C=O) groups excluding carboxylic acids is 2. The predicted octanol–water partition coefficient (Wildman–Crippen LogP) is 5.93. The maximum Gasteiger partial charge on any atom is 0.417 e. The molecular weight excluding hydrogens is 473 g/mol. The molecule has 1 amide bonds. The van der Waals surface area contributed by atoms with Crippen molar-refractivity contribution in [3.63, 3.8) is 0 Å². The first-order valence-corrected chi connectivity index (χ1v) is 11.1. The number of hydrogen-bond donors (Lipinski definition) is 1. The molecule has 0 bridgehead atoms. The molecule has 0 radical (unpaired) electrons. The van der Waals surface area contributed by atoms with Crippen molar-refractivity contribution in [2.75, 3.05) is 39.2 Å². The van der Waals surface area contributed by atoms with Gasteiger partial charge >= 0.3 is 6.18 Å². The molecule has 1 N–H and O–H groups in total. The average molecular weight is 501 g/mol. The molecule has 0 fully saturated rings. The number of rotatable bonds is 11. The Kier molecular flexibility index (Phi) is 9.76. The Labute approximate surface area is 202 Å². The monoisotopic (exact) mass is 500 g/mol. The van der Waals surface area contributed by atoms with Crippen LogP contribution in [0.4, 0.5) is 18.9 Å². The van der Waals surface area contributed by atoms with Crippen molar-refractivity contribution < 1.29 is 32.2 Å². The summed E-state index contributed by atoms with van der Waals surface area (Å²) in [6.45, 7) is 4.37. The number of ketones is 1. The third-order valence-corrected chi connectivity index (χ3v) is 5.11. The molecule has 0 aliphatic heterocycles. The van der Waals surface area contributed by atoms with Crippen molar-refractivity contribution in [2.45, 2.75) is 32.9 Å². The summed E-state index contributed by atoms with van der Waals surface area (Å²) in [5.74, 6) is -0.777. The molecule has 0 aliphatic carbocycles. The summed E-state index contributed by atoms with van der Waals surface area (Å²) in [4.78, 5) is 27.2. The molecule has 0 aromatic heterocycles. The molecule has 0 heterocycles. The van der Waals surface area contributed by atoms with Crippen LogP contribution in [0.3, 0.4) is 0 Å². The van der Waals surface area contributed by atoms with Gasteiger partial charge in [-0.2, -0.15) is 13.2 Å². The molecular formula is C24H28ClF3N2O4. The Bertz CT molecular complexity index is 1030. The largest absolute Gasteiger partial charge is 0.493 e. The van der Waals surface area contributed by atoms with Gasteiger partial charge in [0, 0.05) is 17.8 Å². The molecule has 2 aromatic rings. The Balaban J connectivity index is 2.50. The van der Waals surface area contributed by atoms with Gasteiger partial charge in [0.25, 0.3) is 5.91 Å². The SMILES string of the molecule is CCCCOc1cc(C(C)=O)cc(OCCN(C)C)c1C(=O)Nc1ccc(Cl)c(C(F)(F)F)c1. The number of hydrogen-bond acceptors (Lipinski definition) is 5. The van der Waals surface area contributed by atoms with Gasteiger partial charge in [-0.15, -0.1) is 0 Å². The highest BCUT2D eigenvalue weighted by molar-refractivity contribution is 6.31. The topological polar surface area (TPSA) is 67.9 Å². The lowest BCUT2D eigenvalue weighted by Crippen LogP contribution is -2.22. The van der Waals surface area contributed by atoms with Gasteiger partial charge in [0.05, 0.1) is 17.2 Å². The highest BCUT2D eigenvalue weighted by Crippen LogP contribution is 2.37. The fourth-order valence-electron chi connectivity index (χ4n) is 2.92. The number of nitrogens with zero attached hydrogens (tertiary/aromatic N) is 1. The van der Waals surface area contributed by atoms with Crippen LogP contribution < -0.4 is 14.8 Å². The fourth-order valence-corrected chi connectivity index (χ4v) is 3.15. The third kappa shape index (κ3) is 7.63. The van der Waals surface area contributed by atoms with Crippen molar-refractivity contribution in [1.29, 1.82) is 0 Å². The van der Waals surface area contributed by atoms with Crippen LogP contribution in [0.15, 0.2) is 30.3 Å². The van der Waals surface area contributed by atoms with E-state index < -0.39 is 22.7 Å². The van der Waals surface area contributed by atoms with Crippen LogP contribution in [-0.4, -0.2) is 50.4 Å². The lowest BCUT2D eigenvalue weighted by molar-refractivity contribution is -0.137. The second kappa shape index (κ2) is 12.1. The second-order valence-corrected chi connectivity index (χ2v) is 8.31. The number of carbonyl (C=O) groups is 2. The van der Waals surface area contributed by atoms with Gasteiger partial charge in [-0.1, -0.05) is 24.9 Å². The number of Topliss-reactive ketones (excluding diaryl/α,β-unsaturated/α-hetero) is 1. The number of anilines is 1. The van der Waals surface area contributed by atoms with Crippen molar-refractivity contribution in [3.05, 3.63) is 52.0 Å². The van der Waals surface area contributed by atoms with E-state index in [4.69, 9.17) is 21.1 Å². The number of nitrogens with one attached hydrogen (secondary N) is 1. The Hall–Kier alpha value is -2.78. The van der Waals surface area contributed by atoms with Crippen LogP contribution in [0.1, 0.15) is 53.0 Å². The molecule has 0 spiro atoms. The number of amides is 1. The van der Waals surface area contributed by atoms with Crippen LogP contribution >= 0.6 is 11.6 Å². The van der Waals surface area contributed by atoms with Gasteiger partial charge in [0.2, 0.25) is 0 Å². The third-order valence-electron chi connectivity index (χ3n) is 4.78. The summed E-state index contributed by atoms with van der Waals surface area (Å²) >= 11 is 5.68. The van der Waals surface area contributed by atoms with Gasteiger partial charge in [0.15, 0.2) is 5.78 Å². The minimum Gasteiger partial charge on any atom is -0.493 e. The van der Waals surface area contributed by atoms with Crippen LogP contribution in [0.25, 0.3) is 0 Å². The summed E-state index contributed by atoms with van der Waals surface area (Å²) in [5, 5.41) is 1.99. The standard InChI is InChI=1S/C24H28ClF3N2O4/c1-5-6-10-33-20-12-16(15(2)31)13-21(34-11-9-30(3)4)22(20)23(32)29-17-7-8-19(25)18(14-17)24(26,27)28/h7-8,12-14H,5-6,9-11H2,1-4H3,(H,29,32). The number of likely N-dealkylation sites (N-methyl/N-ethyl adjacent to an activating group) is 1. The van der Waals surface area contributed by atoms with Crippen LogP contribution in [0, 0.1) is 0 Å². The van der Waals surface area contributed by atoms with E-state index in [1.54, 1.807) is 0 Å². The van der Waals surface area contributed by atoms with Crippen molar-refractivity contribution in [2.24, 2.45) is 0 Å². The van der Waals surface area contributed by atoms with Gasteiger partial charge < -0.3 is 19.7 Å². The lowest BCUT2D eigenvalue weighted by atomic mass is 10.0. The molecule has 0 unspecified atom stereocenters. The minimum absolute atomic E-state index is 0.0108. The Morgan fingerprint density at radius 3 is 2.21 bits per heavy atom. The maximum absolute atomic E-state index is 13.2. The van der Waals surface area contributed by atoms with Crippen LogP contribution in [0.2, 0.25) is 5.02 Å². The molecule has 0 saturated carbocycles. The number of alkyl halides is 3. The molecule has 2 aromatic carbocycles. The zero-order valence-electron chi connectivity index (χ0n) is 19.5. The molecule has 0 saturated heterocycles. The van der Waals surface area contributed by atoms with Crippen molar-refractivity contribution >= 4 is 29.0 Å². The molecule has 0 atom stereocenters. The summed E-state index contributed by atoms with van der Waals surface area (Å²) in [6.07, 6.45) is -3.14. The van der Waals surface area contributed by atoms with E-state index in [0.29, 0.717) is 13.0 Å². The molecule has 34 heavy (non-hydrogen) atoms. The van der Waals surface area contributed by atoms with Gasteiger partial charge in [-0.05, 0) is 57.8 Å². The highest BCUT2D eigenvalue weighted by atomic mass is 35.5. The quantitative estimate of drug-likeness (QED) is 0.306. The fraction of sp³-hybridized carbons (Fsp3) is 0.417. The molecule has 6 nitrogen and oxygen atoms in total. The van der Waals surface area contributed by atoms with Gasteiger partial charge in [-0.25, -0.2) is 0 Å². The van der Waals surface area contributed by atoms with E-state index in [9.17, 15) is 22.8 Å². The summed E-state index contributed by atoms with van der Waals surface area (Å²) in [7, 11) is 3.70. The Morgan fingerprint density at radius 1 is 1.06 bits per heavy atom. The first-order chi connectivity index (χ1) is 15.9. The maximum atomic E-state index is 13.2. The van der Waals surface area contributed by atoms with E-state index in [1.165, 1.54) is 25.1 Å². The first kappa shape index (κ1) is 27.5. The number of halogens is 4. The summed E-state index contributed by atoms with van der Waals surface area (Å²) in [6, 6.07) is 5.96. The average Bonchev–Trinajstić information content (AvgIpc) is 2.73. The zero-order chi connectivity index (χ0) is 25.5. The molecule has 0 aliphatic rings.